The minimum atomic E-state index is 0.315. The summed E-state index contributed by atoms with van der Waals surface area (Å²) in [6.45, 7) is 5.92. The Morgan fingerprint density at radius 3 is 3.00 bits per heavy atom. The largest absolute Gasteiger partial charge is 0.369 e. The van der Waals surface area contributed by atoms with Crippen LogP contribution < -0.4 is 10.2 Å². The first-order valence-electron chi connectivity index (χ1n) is 6.85. The van der Waals surface area contributed by atoms with Crippen molar-refractivity contribution < 1.29 is 0 Å². The van der Waals surface area contributed by atoms with Crippen molar-refractivity contribution in [2.24, 2.45) is 0 Å². The Morgan fingerprint density at radius 1 is 1.29 bits per heavy atom. The van der Waals surface area contributed by atoms with Crippen molar-refractivity contribution in [1.82, 2.24) is 5.32 Å². The topological polar surface area (TPSA) is 15.3 Å². The van der Waals surface area contributed by atoms with Gasteiger partial charge in [0.25, 0.3) is 0 Å². The highest BCUT2D eigenvalue weighted by Crippen LogP contribution is 2.30. The van der Waals surface area contributed by atoms with Crippen LogP contribution in [-0.4, -0.2) is 25.2 Å². The van der Waals surface area contributed by atoms with Crippen molar-refractivity contribution in [3.05, 3.63) is 29.8 Å². The number of hydrogen-bond donors (Lipinski definition) is 1. The molecule has 0 aliphatic carbocycles. The Bertz CT molecular complexity index is 394. The molecule has 0 saturated carbocycles. The highest BCUT2D eigenvalue weighted by Gasteiger charge is 2.30. The zero-order chi connectivity index (χ0) is 11.7. The summed E-state index contributed by atoms with van der Waals surface area (Å²) in [6, 6.07) is 8.86. The smallest absolute Gasteiger partial charge is 0.0400 e. The molecule has 1 aromatic rings. The average Bonchev–Trinajstić information content (AvgIpc) is 2.73. The third kappa shape index (κ3) is 2.19. The summed E-state index contributed by atoms with van der Waals surface area (Å²) in [6.07, 6.45) is 5.24. The van der Waals surface area contributed by atoms with E-state index in [0.29, 0.717) is 5.54 Å². The van der Waals surface area contributed by atoms with Crippen molar-refractivity contribution in [3.63, 3.8) is 0 Å². The number of hydrogen-bond acceptors (Lipinski definition) is 2. The normalized spacial score (nSPS) is 28.2. The predicted molar refractivity (Wildman–Crippen MR) is 72.6 cm³/mol. The maximum Gasteiger partial charge on any atom is 0.0400 e. The fourth-order valence-corrected chi connectivity index (χ4v) is 3.25. The number of rotatable bonds is 2. The third-order valence-electron chi connectivity index (χ3n) is 4.23. The van der Waals surface area contributed by atoms with E-state index < -0.39 is 0 Å². The molecule has 0 spiro atoms. The van der Waals surface area contributed by atoms with E-state index >= 15 is 0 Å². The van der Waals surface area contributed by atoms with Gasteiger partial charge in [-0.25, -0.2) is 0 Å². The monoisotopic (exact) mass is 230 g/mol. The van der Waals surface area contributed by atoms with Gasteiger partial charge in [0.15, 0.2) is 0 Å². The van der Waals surface area contributed by atoms with Gasteiger partial charge in [0.1, 0.15) is 0 Å². The van der Waals surface area contributed by atoms with Gasteiger partial charge >= 0.3 is 0 Å². The molecule has 1 unspecified atom stereocenters. The molecular weight excluding hydrogens is 208 g/mol. The summed E-state index contributed by atoms with van der Waals surface area (Å²) in [5.74, 6) is 0. The SMILES string of the molecule is CC1(CN2CCc3ccccc32)CCCCN1. The van der Waals surface area contributed by atoms with Crippen LogP contribution in [0.5, 0.6) is 0 Å². The van der Waals surface area contributed by atoms with Gasteiger partial charge in [-0.05, 0) is 44.4 Å². The number of benzene rings is 1. The van der Waals surface area contributed by atoms with Crippen LogP contribution in [-0.2, 0) is 6.42 Å². The van der Waals surface area contributed by atoms with Gasteiger partial charge in [-0.1, -0.05) is 24.6 Å². The molecule has 1 atom stereocenters. The molecule has 0 aromatic heterocycles. The summed E-state index contributed by atoms with van der Waals surface area (Å²) >= 11 is 0. The molecule has 1 aromatic carbocycles. The fourth-order valence-electron chi connectivity index (χ4n) is 3.25. The second-order valence-corrected chi connectivity index (χ2v) is 5.74. The van der Waals surface area contributed by atoms with Gasteiger partial charge in [-0.15, -0.1) is 0 Å². The Hall–Kier alpha value is -1.02. The number of anilines is 1. The summed E-state index contributed by atoms with van der Waals surface area (Å²) in [7, 11) is 0. The van der Waals surface area contributed by atoms with Crippen molar-refractivity contribution in [2.45, 2.75) is 38.1 Å². The summed E-state index contributed by atoms with van der Waals surface area (Å²) < 4.78 is 0. The molecule has 0 amide bonds. The second kappa shape index (κ2) is 4.34. The lowest BCUT2D eigenvalue weighted by molar-refractivity contribution is 0.281. The lowest BCUT2D eigenvalue weighted by atomic mass is 9.90. The quantitative estimate of drug-likeness (QED) is 0.840. The highest BCUT2D eigenvalue weighted by atomic mass is 15.2. The van der Waals surface area contributed by atoms with E-state index in [9.17, 15) is 0 Å². The molecule has 1 fully saturated rings. The Labute approximate surface area is 104 Å². The number of para-hydroxylation sites is 1. The van der Waals surface area contributed by atoms with E-state index in [1.54, 1.807) is 0 Å². The Balaban J connectivity index is 1.74. The molecule has 2 heteroatoms. The molecular formula is C15H22N2. The fraction of sp³-hybridized carbons (Fsp3) is 0.600. The van der Waals surface area contributed by atoms with Crippen molar-refractivity contribution in [3.8, 4) is 0 Å². The molecule has 0 bridgehead atoms. The highest BCUT2D eigenvalue weighted by molar-refractivity contribution is 5.58. The number of nitrogens with one attached hydrogen (secondary N) is 1. The number of nitrogens with zero attached hydrogens (tertiary/aromatic N) is 1. The zero-order valence-electron chi connectivity index (χ0n) is 10.7. The molecule has 0 radical (unpaired) electrons. The van der Waals surface area contributed by atoms with Gasteiger partial charge in [-0.3, -0.25) is 0 Å². The van der Waals surface area contributed by atoms with E-state index in [4.69, 9.17) is 0 Å². The standard InChI is InChI=1S/C15H22N2/c1-15(9-4-5-10-16-15)12-17-11-8-13-6-2-3-7-14(13)17/h2-3,6-7,16H,4-5,8-12H2,1H3. The van der Waals surface area contributed by atoms with E-state index in [1.165, 1.54) is 50.0 Å². The van der Waals surface area contributed by atoms with Crippen LogP contribution in [0.2, 0.25) is 0 Å². The predicted octanol–water partition coefficient (Wildman–Crippen LogP) is 2.58. The molecule has 1 saturated heterocycles. The van der Waals surface area contributed by atoms with Gasteiger partial charge in [-0.2, -0.15) is 0 Å². The van der Waals surface area contributed by atoms with Crippen molar-refractivity contribution in [2.75, 3.05) is 24.5 Å². The molecule has 2 aliphatic rings. The van der Waals surface area contributed by atoms with Crippen LogP contribution in [0.1, 0.15) is 31.7 Å². The first-order valence-corrected chi connectivity index (χ1v) is 6.85. The Morgan fingerprint density at radius 2 is 2.18 bits per heavy atom. The summed E-state index contributed by atoms with van der Waals surface area (Å²) in [5.41, 5.74) is 3.29. The maximum absolute atomic E-state index is 3.71. The number of fused-ring (bicyclic) bond motifs is 1. The van der Waals surface area contributed by atoms with Crippen LogP contribution in [0.25, 0.3) is 0 Å². The van der Waals surface area contributed by atoms with E-state index in [0.717, 1.165) is 6.54 Å². The summed E-state index contributed by atoms with van der Waals surface area (Å²) in [5, 5.41) is 3.71. The van der Waals surface area contributed by atoms with Crippen LogP contribution in [0.15, 0.2) is 24.3 Å². The van der Waals surface area contributed by atoms with Crippen molar-refractivity contribution in [1.29, 1.82) is 0 Å². The second-order valence-electron chi connectivity index (χ2n) is 5.74. The zero-order valence-corrected chi connectivity index (χ0v) is 10.7. The van der Waals surface area contributed by atoms with Crippen LogP contribution in [0.3, 0.4) is 0 Å². The minimum Gasteiger partial charge on any atom is -0.369 e. The average molecular weight is 230 g/mol. The molecule has 2 aliphatic heterocycles. The molecule has 2 nitrogen and oxygen atoms in total. The molecule has 3 rings (SSSR count). The molecule has 1 N–H and O–H groups in total. The summed E-state index contributed by atoms with van der Waals surface area (Å²) in [4.78, 5) is 2.56. The molecule has 17 heavy (non-hydrogen) atoms. The van der Waals surface area contributed by atoms with Crippen molar-refractivity contribution >= 4 is 5.69 Å². The van der Waals surface area contributed by atoms with E-state index in [-0.39, 0.29) is 0 Å². The first kappa shape index (κ1) is 11.1. The lowest BCUT2D eigenvalue weighted by Crippen LogP contribution is -2.53. The minimum absolute atomic E-state index is 0.315. The van der Waals surface area contributed by atoms with Crippen LogP contribution in [0.4, 0.5) is 5.69 Å². The first-order chi connectivity index (χ1) is 8.27. The van der Waals surface area contributed by atoms with Crippen LogP contribution >= 0.6 is 0 Å². The van der Waals surface area contributed by atoms with E-state index in [1.807, 2.05) is 0 Å². The lowest BCUT2D eigenvalue weighted by Gasteiger charge is -2.39. The Kier molecular flexibility index (Phi) is 2.83. The third-order valence-corrected chi connectivity index (χ3v) is 4.23. The number of piperidine rings is 1. The maximum atomic E-state index is 3.71. The van der Waals surface area contributed by atoms with Gasteiger partial charge in [0.05, 0.1) is 0 Å². The van der Waals surface area contributed by atoms with Gasteiger partial charge in [0, 0.05) is 24.3 Å². The molecule has 2 heterocycles. The molecule has 92 valence electrons. The van der Waals surface area contributed by atoms with E-state index in [2.05, 4.69) is 41.4 Å². The van der Waals surface area contributed by atoms with Gasteiger partial charge < -0.3 is 10.2 Å². The van der Waals surface area contributed by atoms with Crippen LogP contribution in [0, 0.1) is 0 Å². The van der Waals surface area contributed by atoms with Gasteiger partial charge in [0.2, 0.25) is 0 Å².